The molecular formula is C11H8FNO3. The van der Waals surface area contributed by atoms with Crippen LogP contribution in [-0.4, -0.2) is 23.8 Å². The van der Waals surface area contributed by atoms with Crippen molar-refractivity contribution in [1.82, 2.24) is 4.98 Å². The second-order valence-electron chi connectivity index (χ2n) is 3.19. The van der Waals surface area contributed by atoms with Gasteiger partial charge >= 0.3 is 5.97 Å². The molecule has 0 radical (unpaired) electrons. The molecule has 0 amide bonds. The van der Waals surface area contributed by atoms with Gasteiger partial charge in [0.05, 0.1) is 12.7 Å². The second kappa shape index (κ2) is 3.77. The average molecular weight is 221 g/mol. The minimum Gasteiger partial charge on any atom is -0.463 e. The average Bonchev–Trinajstić information content (AvgIpc) is 2.72. The number of carbonyl (C=O) groups is 2. The molecule has 0 aliphatic rings. The number of hydrogen-bond acceptors (Lipinski definition) is 3. The minimum absolute atomic E-state index is 0.0139. The minimum atomic E-state index is -1.01. The van der Waals surface area contributed by atoms with E-state index in [4.69, 9.17) is 0 Å². The molecule has 0 aliphatic carbocycles. The molecule has 0 unspecified atom stereocenters. The first kappa shape index (κ1) is 10.4. The molecule has 16 heavy (non-hydrogen) atoms. The van der Waals surface area contributed by atoms with Gasteiger partial charge in [-0.05, 0) is 12.1 Å². The van der Waals surface area contributed by atoms with Crippen LogP contribution in [0, 0.1) is 5.82 Å². The molecule has 1 heterocycles. The summed E-state index contributed by atoms with van der Waals surface area (Å²) in [5.41, 5.74) is 0.451. The molecule has 1 N–H and O–H groups in total. The fourth-order valence-electron chi connectivity index (χ4n) is 1.52. The van der Waals surface area contributed by atoms with Gasteiger partial charge in [-0.25, -0.2) is 9.18 Å². The normalized spacial score (nSPS) is 10.4. The Morgan fingerprint density at radius 1 is 1.38 bits per heavy atom. The summed E-state index contributed by atoms with van der Waals surface area (Å²) in [7, 11) is 1.10. The Labute approximate surface area is 90.0 Å². The lowest BCUT2D eigenvalue weighted by molar-refractivity contribution is -0.135. The first-order valence-electron chi connectivity index (χ1n) is 4.53. The highest BCUT2D eigenvalue weighted by atomic mass is 19.1. The van der Waals surface area contributed by atoms with Gasteiger partial charge in [0.2, 0.25) is 0 Å². The molecule has 4 nitrogen and oxygen atoms in total. The second-order valence-corrected chi connectivity index (χ2v) is 3.19. The van der Waals surface area contributed by atoms with Crippen molar-refractivity contribution >= 4 is 22.7 Å². The van der Waals surface area contributed by atoms with Crippen LogP contribution in [0.2, 0.25) is 0 Å². The number of benzene rings is 1. The number of Topliss-reactive ketones (excluding diaryl/α,β-unsaturated/α-hetero) is 1. The van der Waals surface area contributed by atoms with Crippen molar-refractivity contribution in [3.8, 4) is 0 Å². The Hall–Kier alpha value is -2.17. The maximum Gasteiger partial charge on any atom is 0.379 e. The van der Waals surface area contributed by atoms with Crippen LogP contribution in [0.15, 0.2) is 24.4 Å². The maximum absolute atomic E-state index is 13.5. The van der Waals surface area contributed by atoms with Crippen molar-refractivity contribution in [1.29, 1.82) is 0 Å². The van der Waals surface area contributed by atoms with E-state index in [1.807, 2.05) is 0 Å². The lowest BCUT2D eigenvalue weighted by Gasteiger charge is -1.97. The quantitative estimate of drug-likeness (QED) is 0.476. The van der Waals surface area contributed by atoms with E-state index in [1.54, 1.807) is 6.07 Å². The molecule has 2 rings (SSSR count). The zero-order valence-electron chi connectivity index (χ0n) is 8.41. The number of carbonyl (C=O) groups excluding carboxylic acids is 2. The topological polar surface area (TPSA) is 59.2 Å². The van der Waals surface area contributed by atoms with Crippen LogP contribution in [0.3, 0.4) is 0 Å². The highest BCUT2D eigenvalue weighted by Gasteiger charge is 2.22. The third-order valence-corrected chi connectivity index (χ3v) is 2.27. The van der Waals surface area contributed by atoms with E-state index < -0.39 is 17.6 Å². The molecule has 0 saturated carbocycles. The van der Waals surface area contributed by atoms with Gasteiger partial charge in [-0.1, -0.05) is 6.07 Å². The maximum atomic E-state index is 13.5. The van der Waals surface area contributed by atoms with Crippen molar-refractivity contribution in [3.63, 3.8) is 0 Å². The zero-order valence-corrected chi connectivity index (χ0v) is 8.41. The number of hydrogen-bond donors (Lipinski definition) is 1. The van der Waals surface area contributed by atoms with E-state index in [-0.39, 0.29) is 10.9 Å². The van der Waals surface area contributed by atoms with Gasteiger partial charge in [-0.15, -0.1) is 0 Å². The number of aromatic nitrogens is 1. The van der Waals surface area contributed by atoms with Crippen LogP contribution >= 0.6 is 0 Å². The zero-order chi connectivity index (χ0) is 11.7. The summed E-state index contributed by atoms with van der Waals surface area (Å²) >= 11 is 0. The lowest BCUT2D eigenvalue weighted by Crippen LogP contribution is -2.15. The predicted molar refractivity (Wildman–Crippen MR) is 54.6 cm³/mol. The van der Waals surface area contributed by atoms with Gasteiger partial charge in [0, 0.05) is 17.1 Å². The van der Waals surface area contributed by atoms with E-state index >= 15 is 0 Å². The number of rotatable bonds is 2. The van der Waals surface area contributed by atoms with Crippen molar-refractivity contribution in [2.75, 3.05) is 7.11 Å². The largest absolute Gasteiger partial charge is 0.463 e. The highest BCUT2D eigenvalue weighted by molar-refractivity contribution is 6.42. The van der Waals surface area contributed by atoms with E-state index in [1.165, 1.54) is 18.3 Å². The van der Waals surface area contributed by atoms with E-state index in [9.17, 15) is 14.0 Å². The summed E-state index contributed by atoms with van der Waals surface area (Å²) in [5.74, 6) is -2.42. The van der Waals surface area contributed by atoms with E-state index in [0.717, 1.165) is 7.11 Å². The molecule has 0 fully saturated rings. The van der Waals surface area contributed by atoms with Gasteiger partial charge in [0.15, 0.2) is 0 Å². The highest BCUT2D eigenvalue weighted by Crippen LogP contribution is 2.21. The van der Waals surface area contributed by atoms with Crippen molar-refractivity contribution in [3.05, 3.63) is 35.8 Å². The summed E-state index contributed by atoms with van der Waals surface area (Å²) in [5, 5.41) is 0.109. The van der Waals surface area contributed by atoms with Gasteiger partial charge in [0.25, 0.3) is 5.78 Å². The molecule has 0 bridgehead atoms. The molecule has 1 aromatic heterocycles. The third kappa shape index (κ3) is 1.46. The number of methoxy groups -OCH3 is 1. The number of aromatic amines is 1. The van der Waals surface area contributed by atoms with Crippen molar-refractivity contribution < 1.29 is 18.7 Å². The summed E-state index contributed by atoms with van der Waals surface area (Å²) in [6, 6.07) is 4.36. The summed E-state index contributed by atoms with van der Waals surface area (Å²) in [6.45, 7) is 0. The fraction of sp³-hybridized carbons (Fsp3) is 0.0909. The first-order valence-corrected chi connectivity index (χ1v) is 4.53. The number of halogens is 1. The van der Waals surface area contributed by atoms with Crippen LogP contribution in [-0.2, 0) is 9.53 Å². The van der Waals surface area contributed by atoms with E-state index in [0.29, 0.717) is 5.52 Å². The van der Waals surface area contributed by atoms with Crippen molar-refractivity contribution in [2.24, 2.45) is 0 Å². The van der Waals surface area contributed by atoms with Gasteiger partial charge < -0.3 is 9.72 Å². The Balaban J connectivity index is 2.62. The molecule has 1 aromatic carbocycles. The molecule has 0 aliphatic heterocycles. The predicted octanol–water partition coefficient (Wildman–Crippen LogP) is 1.66. The Morgan fingerprint density at radius 2 is 2.12 bits per heavy atom. The van der Waals surface area contributed by atoms with Gasteiger partial charge in [-0.2, -0.15) is 0 Å². The van der Waals surface area contributed by atoms with Crippen LogP contribution in [0.4, 0.5) is 4.39 Å². The number of fused-ring (bicyclic) bond motifs is 1. The summed E-state index contributed by atoms with van der Waals surface area (Å²) < 4.78 is 17.8. The smallest absolute Gasteiger partial charge is 0.379 e. The monoisotopic (exact) mass is 221 g/mol. The third-order valence-electron chi connectivity index (χ3n) is 2.27. The molecule has 0 saturated heterocycles. The van der Waals surface area contributed by atoms with Crippen LogP contribution in [0.5, 0.6) is 0 Å². The lowest BCUT2D eigenvalue weighted by atomic mass is 10.1. The van der Waals surface area contributed by atoms with Crippen LogP contribution in [0.1, 0.15) is 10.4 Å². The number of esters is 1. The summed E-state index contributed by atoms with van der Waals surface area (Å²) in [6.07, 6.45) is 1.30. The summed E-state index contributed by atoms with van der Waals surface area (Å²) in [4.78, 5) is 25.3. The molecule has 0 spiro atoms. The van der Waals surface area contributed by atoms with Gasteiger partial charge in [0.1, 0.15) is 5.82 Å². The Kier molecular flexibility index (Phi) is 2.44. The first-order chi connectivity index (χ1) is 7.65. The van der Waals surface area contributed by atoms with Gasteiger partial charge in [-0.3, -0.25) is 4.79 Å². The Morgan fingerprint density at radius 3 is 2.81 bits per heavy atom. The number of ether oxygens (including phenoxy) is 1. The molecular weight excluding hydrogens is 213 g/mol. The van der Waals surface area contributed by atoms with Crippen LogP contribution < -0.4 is 0 Å². The standard InChI is InChI=1S/C11H8FNO3/c1-16-11(15)10(14)6-5-13-8-4-2-3-7(12)9(6)8/h2-5,13H,1H3. The Bertz CT molecular complexity index is 574. The van der Waals surface area contributed by atoms with Crippen molar-refractivity contribution in [2.45, 2.75) is 0 Å². The molecule has 0 atom stereocenters. The fourth-order valence-corrected chi connectivity index (χ4v) is 1.52. The number of ketones is 1. The molecule has 5 heteroatoms. The van der Waals surface area contributed by atoms with E-state index in [2.05, 4.69) is 9.72 Å². The molecule has 82 valence electrons. The molecule has 2 aromatic rings. The number of H-pyrrole nitrogens is 1. The van der Waals surface area contributed by atoms with Crippen LogP contribution in [0.25, 0.3) is 10.9 Å². The number of nitrogens with one attached hydrogen (secondary N) is 1. The SMILES string of the molecule is COC(=O)C(=O)c1c[nH]c2cccc(F)c12.